The van der Waals surface area contributed by atoms with Gasteiger partial charge >= 0.3 is 0 Å². The molecule has 3 fully saturated rings. The molecule has 0 radical (unpaired) electrons. The van der Waals surface area contributed by atoms with Crippen molar-refractivity contribution in [1.82, 2.24) is 15.1 Å². The molecule has 146 valence electrons. The number of rotatable bonds is 4. The Hall–Kier alpha value is -1.68. The summed E-state index contributed by atoms with van der Waals surface area (Å²) in [6, 6.07) is -2.28. The van der Waals surface area contributed by atoms with Gasteiger partial charge in [-0.15, -0.1) is 0 Å². The van der Waals surface area contributed by atoms with E-state index in [1.54, 1.807) is 4.90 Å². The van der Waals surface area contributed by atoms with Crippen LogP contribution < -0.4 is 5.32 Å². The molecule has 26 heavy (non-hydrogen) atoms. The molecule has 3 aliphatic rings. The predicted octanol–water partition coefficient (Wildman–Crippen LogP) is -1.39. The van der Waals surface area contributed by atoms with E-state index in [4.69, 9.17) is 0 Å². The summed E-state index contributed by atoms with van der Waals surface area (Å²) in [5.41, 5.74) is 0. The Kier molecular flexibility index (Phi) is 4.55. The van der Waals surface area contributed by atoms with Gasteiger partial charge in [0.1, 0.15) is 17.5 Å². The molecule has 0 saturated carbocycles. The van der Waals surface area contributed by atoms with Crippen molar-refractivity contribution >= 4 is 27.6 Å². The molecule has 0 aromatic rings. The zero-order valence-electron chi connectivity index (χ0n) is 15.1. The molecule has 3 rings (SSSR count). The van der Waals surface area contributed by atoms with E-state index >= 15 is 0 Å². The van der Waals surface area contributed by atoms with Crippen LogP contribution in [0, 0.1) is 0 Å². The molecule has 0 bridgehead atoms. The molecule has 3 heterocycles. The Morgan fingerprint density at radius 1 is 1.38 bits per heavy atom. The zero-order valence-corrected chi connectivity index (χ0v) is 16.0. The average molecular weight is 387 g/mol. The highest BCUT2D eigenvalue weighted by Gasteiger charge is 2.67. The number of fused-ring (bicyclic) bond motifs is 1. The van der Waals surface area contributed by atoms with Gasteiger partial charge in [0.05, 0.1) is 23.8 Å². The number of hydrogen-bond acceptors (Lipinski definition) is 6. The fourth-order valence-electron chi connectivity index (χ4n) is 4.17. The largest absolute Gasteiger partial charge is 0.394 e. The molecule has 0 spiro atoms. The number of aliphatic hydroxyl groups is 1. The van der Waals surface area contributed by atoms with Crippen LogP contribution in [0.3, 0.4) is 0 Å². The minimum Gasteiger partial charge on any atom is -0.394 e. The van der Waals surface area contributed by atoms with Crippen molar-refractivity contribution < 1.29 is 27.9 Å². The molecule has 4 unspecified atom stereocenters. The first-order chi connectivity index (χ1) is 12.0. The van der Waals surface area contributed by atoms with Gasteiger partial charge in [0.15, 0.2) is 9.84 Å². The number of likely N-dealkylation sites (tertiary alicyclic amines) is 1. The lowest BCUT2D eigenvalue weighted by atomic mass is 9.97. The van der Waals surface area contributed by atoms with Crippen molar-refractivity contribution in [3.05, 3.63) is 0 Å². The van der Waals surface area contributed by atoms with E-state index in [0.717, 1.165) is 11.3 Å². The summed E-state index contributed by atoms with van der Waals surface area (Å²) in [4.78, 5) is 39.9. The summed E-state index contributed by atoms with van der Waals surface area (Å²) in [5.74, 6) is -1.34. The quantitative estimate of drug-likeness (QED) is 0.572. The summed E-state index contributed by atoms with van der Waals surface area (Å²) < 4.78 is 23.7. The van der Waals surface area contributed by atoms with Crippen LogP contribution in [0.15, 0.2) is 0 Å². The van der Waals surface area contributed by atoms with Gasteiger partial charge in [-0.1, -0.05) is 0 Å². The third kappa shape index (κ3) is 2.53. The minimum atomic E-state index is -3.66. The van der Waals surface area contributed by atoms with Crippen molar-refractivity contribution in [1.29, 1.82) is 0 Å². The first kappa shape index (κ1) is 19.1. The first-order valence-corrected chi connectivity index (χ1v) is 10.3. The van der Waals surface area contributed by atoms with E-state index in [1.165, 1.54) is 20.8 Å². The van der Waals surface area contributed by atoms with Crippen LogP contribution in [0.1, 0.15) is 40.0 Å². The fraction of sp³-hybridized carbons (Fsp3) is 0.812. The molecule has 0 aliphatic carbocycles. The van der Waals surface area contributed by atoms with Crippen molar-refractivity contribution in [3.63, 3.8) is 0 Å². The highest BCUT2D eigenvalue weighted by Crippen LogP contribution is 2.45. The number of hydrogen-bond donors (Lipinski definition) is 2. The van der Waals surface area contributed by atoms with Crippen LogP contribution in [0.25, 0.3) is 0 Å². The molecule has 2 N–H and O–H groups in total. The van der Waals surface area contributed by atoms with Crippen molar-refractivity contribution in [2.45, 2.75) is 68.3 Å². The maximum absolute atomic E-state index is 12.8. The second kappa shape index (κ2) is 6.19. The molecular weight excluding hydrogens is 362 g/mol. The molecule has 3 saturated heterocycles. The molecule has 3 aliphatic heterocycles. The highest BCUT2D eigenvalue weighted by molar-refractivity contribution is 7.93. The molecule has 9 nitrogen and oxygen atoms in total. The van der Waals surface area contributed by atoms with E-state index in [1.807, 2.05) is 0 Å². The second-order valence-corrected chi connectivity index (χ2v) is 10.4. The monoisotopic (exact) mass is 387 g/mol. The number of carbonyl (C=O) groups excluding carboxylic acids is 3. The van der Waals surface area contributed by atoms with Crippen LogP contribution in [-0.4, -0.2) is 82.4 Å². The molecule has 0 aromatic carbocycles. The van der Waals surface area contributed by atoms with Crippen molar-refractivity contribution in [2.24, 2.45) is 0 Å². The summed E-state index contributed by atoms with van der Waals surface area (Å²) in [7, 11) is -3.66. The number of nitrogens with one attached hydrogen (secondary N) is 1. The number of β-lactam (4-membered cyclic amide) rings is 1. The normalized spacial score (nSPS) is 32.8. The van der Waals surface area contributed by atoms with E-state index in [9.17, 15) is 27.9 Å². The maximum Gasteiger partial charge on any atom is 0.245 e. The third-order valence-corrected chi connectivity index (χ3v) is 8.62. The SMILES string of the molecule is CC(NC(=O)C1N2C(=O)CC2S(=O)(=O)C1(C)C)C(=O)N1CCCC1CO. The smallest absolute Gasteiger partial charge is 0.245 e. The number of carbonyl (C=O) groups is 3. The Morgan fingerprint density at radius 3 is 2.62 bits per heavy atom. The number of aliphatic hydroxyl groups excluding tert-OH is 1. The lowest BCUT2D eigenvalue weighted by Crippen LogP contribution is -2.61. The summed E-state index contributed by atoms with van der Waals surface area (Å²) in [5, 5.41) is 11.0. The standard InChI is InChI=1S/C16H25N3O6S/c1-9(15(23)18-6-4-5-10(18)8-20)17-14(22)13-16(2,3)26(24,25)12-7-11(21)19(12)13/h9-10,12-13,20H,4-8H2,1-3H3,(H,17,22). The first-order valence-electron chi connectivity index (χ1n) is 8.80. The van der Waals surface area contributed by atoms with Gasteiger partial charge in [-0.3, -0.25) is 14.4 Å². The van der Waals surface area contributed by atoms with Gasteiger partial charge in [-0.05, 0) is 33.6 Å². The minimum absolute atomic E-state index is 0.101. The number of sulfone groups is 1. The van der Waals surface area contributed by atoms with Crippen molar-refractivity contribution in [3.8, 4) is 0 Å². The van der Waals surface area contributed by atoms with Crippen LogP contribution >= 0.6 is 0 Å². The zero-order chi connectivity index (χ0) is 19.4. The Bertz CT molecular complexity index is 749. The van der Waals surface area contributed by atoms with Gasteiger partial charge in [0.25, 0.3) is 0 Å². The summed E-state index contributed by atoms with van der Waals surface area (Å²) in [6.45, 7) is 4.78. The Balaban J connectivity index is 1.75. The van der Waals surface area contributed by atoms with Gasteiger partial charge < -0.3 is 20.2 Å². The lowest BCUT2D eigenvalue weighted by Gasteiger charge is -2.37. The van der Waals surface area contributed by atoms with E-state index < -0.39 is 37.9 Å². The highest BCUT2D eigenvalue weighted by atomic mass is 32.2. The van der Waals surface area contributed by atoms with E-state index in [0.29, 0.717) is 13.0 Å². The van der Waals surface area contributed by atoms with Gasteiger partial charge in [0.2, 0.25) is 17.7 Å². The maximum atomic E-state index is 12.8. The van der Waals surface area contributed by atoms with Gasteiger partial charge in [-0.2, -0.15) is 0 Å². The molecule has 0 aromatic heterocycles. The molecular formula is C16H25N3O6S. The van der Waals surface area contributed by atoms with Gasteiger partial charge in [0, 0.05) is 6.54 Å². The topological polar surface area (TPSA) is 124 Å². The van der Waals surface area contributed by atoms with Crippen LogP contribution in [-0.2, 0) is 24.2 Å². The predicted molar refractivity (Wildman–Crippen MR) is 91.5 cm³/mol. The second-order valence-electron chi connectivity index (χ2n) is 7.75. The van der Waals surface area contributed by atoms with Crippen LogP contribution in [0.5, 0.6) is 0 Å². The summed E-state index contributed by atoms with van der Waals surface area (Å²) in [6.07, 6.45) is 1.40. The van der Waals surface area contributed by atoms with E-state index in [2.05, 4.69) is 5.32 Å². The van der Waals surface area contributed by atoms with Crippen LogP contribution in [0.4, 0.5) is 0 Å². The van der Waals surface area contributed by atoms with Crippen molar-refractivity contribution in [2.75, 3.05) is 13.2 Å². The fourth-order valence-corrected chi connectivity index (χ4v) is 6.31. The Labute approximate surface area is 152 Å². The Morgan fingerprint density at radius 2 is 2.04 bits per heavy atom. The van der Waals surface area contributed by atoms with E-state index in [-0.39, 0.29) is 30.9 Å². The summed E-state index contributed by atoms with van der Waals surface area (Å²) >= 11 is 0. The van der Waals surface area contributed by atoms with Gasteiger partial charge in [-0.25, -0.2) is 8.42 Å². The number of nitrogens with zero attached hydrogens (tertiary/aromatic N) is 2. The van der Waals surface area contributed by atoms with Crippen LogP contribution in [0.2, 0.25) is 0 Å². The lowest BCUT2D eigenvalue weighted by molar-refractivity contribution is -0.150. The third-order valence-electron chi connectivity index (χ3n) is 5.82. The molecule has 3 amide bonds. The number of amides is 3. The average Bonchev–Trinajstić information content (AvgIpc) is 3.07. The molecule has 10 heteroatoms. The molecule has 4 atom stereocenters.